The summed E-state index contributed by atoms with van der Waals surface area (Å²) in [6, 6.07) is 5.29. The number of halogens is 3. The number of phenolic OH excluding ortho intramolecular Hbond substituents is 1. The van der Waals surface area contributed by atoms with Crippen LogP contribution in [0.1, 0.15) is 0 Å². The van der Waals surface area contributed by atoms with Gasteiger partial charge >= 0.3 is 0 Å². The first-order valence-electron chi connectivity index (χ1n) is 13.6. The maximum atomic E-state index is 13.9. The van der Waals surface area contributed by atoms with Crippen LogP contribution in [-0.2, 0) is 40.5 Å². The third kappa shape index (κ3) is 8.39. The minimum atomic E-state index is -5.48. The Kier molecular flexibility index (Phi) is 10.2. The lowest BCUT2D eigenvalue weighted by atomic mass is 10.1. The molecule has 5 aromatic rings. The number of anilines is 3. The van der Waals surface area contributed by atoms with E-state index in [2.05, 4.69) is 35.7 Å². The molecule has 28 heteroatoms. The van der Waals surface area contributed by atoms with Gasteiger partial charge in [0.25, 0.3) is 40.5 Å². The molecule has 0 aliphatic rings. The largest absolute Gasteiger partial charge is 0.505 e. The first-order valence-corrected chi connectivity index (χ1v) is 19.4. The number of fused-ring (bicyclic) bond motifs is 1. The minimum absolute atomic E-state index is 0.258. The lowest BCUT2D eigenvalue weighted by Gasteiger charge is -2.14. The van der Waals surface area contributed by atoms with Gasteiger partial charge in [-0.25, -0.2) is 4.39 Å². The molecule has 0 aliphatic carbocycles. The normalized spacial score (nSPS) is 12.9. The van der Waals surface area contributed by atoms with Crippen LogP contribution in [0.25, 0.3) is 10.8 Å². The lowest BCUT2D eigenvalue weighted by molar-refractivity contribution is 0.472. The van der Waals surface area contributed by atoms with Crippen molar-refractivity contribution in [2.75, 3.05) is 11.1 Å². The fourth-order valence-corrected chi connectivity index (χ4v) is 7.10. The van der Waals surface area contributed by atoms with Crippen LogP contribution >= 0.6 is 0 Å². The first-order chi connectivity index (χ1) is 24.8. The van der Waals surface area contributed by atoms with Crippen molar-refractivity contribution in [3.8, 4) is 5.75 Å². The van der Waals surface area contributed by atoms with E-state index in [1.54, 1.807) is 0 Å². The average molecular weight is 835 g/mol. The maximum absolute atomic E-state index is 13.9. The molecule has 0 aliphatic heterocycles. The van der Waals surface area contributed by atoms with E-state index in [0.717, 1.165) is 12.1 Å². The number of hydrogen-bond donors (Lipinski definition) is 7. The molecule has 4 aromatic carbocycles. The number of azo groups is 2. The van der Waals surface area contributed by atoms with Crippen LogP contribution < -0.4 is 11.1 Å². The predicted molar refractivity (Wildman–Crippen MR) is 176 cm³/mol. The van der Waals surface area contributed by atoms with E-state index in [9.17, 15) is 70.2 Å². The smallest absolute Gasteiger partial charge is 0.296 e. The van der Waals surface area contributed by atoms with Crippen LogP contribution in [0.5, 0.6) is 5.75 Å². The van der Waals surface area contributed by atoms with Gasteiger partial charge in [-0.15, -0.1) is 20.5 Å². The van der Waals surface area contributed by atoms with Crippen molar-refractivity contribution in [2.45, 2.75) is 19.6 Å². The van der Waals surface area contributed by atoms with Gasteiger partial charge in [-0.1, -0.05) is 0 Å². The molecule has 0 saturated heterocycles. The highest BCUT2D eigenvalue weighted by Gasteiger charge is 2.29. The lowest BCUT2D eigenvalue weighted by Crippen LogP contribution is -2.04. The van der Waals surface area contributed by atoms with E-state index in [1.807, 2.05) is 0 Å². The van der Waals surface area contributed by atoms with Crippen LogP contribution in [0, 0.1) is 17.7 Å². The van der Waals surface area contributed by atoms with E-state index >= 15 is 0 Å². The minimum Gasteiger partial charge on any atom is -0.505 e. The number of aromatic hydroxyl groups is 1. The number of nitrogens with one attached hydrogen (secondary N) is 1. The Morgan fingerprint density at radius 3 is 1.57 bits per heavy atom. The molecule has 8 N–H and O–H groups in total. The summed E-state index contributed by atoms with van der Waals surface area (Å²) in [5.74, 6) is -5.77. The second-order valence-electron chi connectivity index (χ2n) is 10.4. The number of benzene rings is 4. The maximum Gasteiger partial charge on any atom is 0.296 e. The number of nitrogens with zero attached hydrogens (tertiary/aromatic N) is 6. The Morgan fingerprint density at radius 1 is 0.593 bits per heavy atom. The molecule has 0 unspecified atom stereocenters. The summed E-state index contributed by atoms with van der Waals surface area (Å²) in [4.78, 5) is 1.91. The van der Waals surface area contributed by atoms with E-state index < -0.39 is 129 Å². The average Bonchev–Trinajstić information content (AvgIpc) is 3.01. The zero-order valence-electron chi connectivity index (χ0n) is 25.7. The van der Waals surface area contributed by atoms with E-state index in [4.69, 9.17) is 5.73 Å². The number of aromatic nitrogens is 2. The Labute approximate surface area is 299 Å². The topological polar surface area (TPSA) is 351 Å². The van der Waals surface area contributed by atoms with Gasteiger partial charge in [-0.2, -0.15) is 52.4 Å². The number of phenols is 1. The van der Waals surface area contributed by atoms with E-state index in [0.29, 0.717) is 42.5 Å². The van der Waals surface area contributed by atoms with Gasteiger partial charge in [0.1, 0.15) is 48.1 Å². The van der Waals surface area contributed by atoms with Crippen molar-refractivity contribution in [3.63, 3.8) is 0 Å². The molecule has 0 amide bonds. The van der Waals surface area contributed by atoms with Gasteiger partial charge in [0.2, 0.25) is 17.8 Å². The molecule has 0 radical (unpaired) electrons. The molecule has 0 atom stereocenters. The SMILES string of the molecule is Nc1c(N=Nc2cc(F)ccc2S(=O)(=O)O)c(S(=O)(=O)O)cc2cc(S(=O)(=O)O)c(N=Nc3cc(Nc4nc(F)cc(F)n4)ccc3S(=O)(=O)O)c(O)c12. The molecule has 5 rings (SSSR count). The number of hydrogen-bond acceptors (Lipinski definition) is 17. The summed E-state index contributed by atoms with van der Waals surface area (Å²) < 4.78 is 177. The molecule has 21 nitrogen and oxygen atoms in total. The van der Waals surface area contributed by atoms with Gasteiger partial charge in [0.15, 0.2) is 5.75 Å². The molecule has 0 fully saturated rings. The van der Waals surface area contributed by atoms with Crippen molar-refractivity contribution in [1.29, 1.82) is 0 Å². The van der Waals surface area contributed by atoms with Crippen molar-refractivity contribution >= 4 is 91.3 Å². The molecule has 1 heterocycles. The molecule has 0 spiro atoms. The van der Waals surface area contributed by atoms with Crippen molar-refractivity contribution in [1.82, 2.24) is 9.97 Å². The summed E-state index contributed by atoms with van der Waals surface area (Å²) >= 11 is 0. The highest BCUT2D eigenvalue weighted by Crippen LogP contribution is 2.48. The number of rotatable bonds is 10. The molecular weight excluding hydrogens is 818 g/mol. The quantitative estimate of drug-likeness (QED) is 0.0426. The zero-order chi connectivity index (χ0) is 40.1. The van der Waals surface area contributed by atoms with Gasteiger partial charge in [0.05, 0.1) is 11.1 Å². The summed E-state index contributed by atoms with van der Waals surface area (Å²) in [6.07, 6.45) is 0. The number of nitrogens with two attached hydrogens (primary N) is 1. The molecule has 0 bridgehead atoms. The Bertz CT molecular complexity index is 2910. The number of nitrogen functional groups attached to an aromatic ring is 1. The summed E-state index contributed by atoms with van der Waals surface area (Å²) in [6.45, 7) is 0. The van der Waals surface area contributed by atoms with Gasteiger partial charge in [0, 0.05) is 17.8 Å². The van der Waals surface area contributed by atoms with Crippen molar-refractivity contribution in [3.05, 3.63) is 72.3 Å². The van der Waals surface area contributed by atoms with Crippen molar-refractivity contribution in [2.24, 2.45) is 20.5 Å². The fourth-order valence-electron chi connectivity index (χ4n) is 4.57. The summed E-state index contributed by atoms with van der Waals surface area (Å²) in [7, 11) is -21.1. The fraction of sp³-hybridized carbons (Fsp3) is 0. The molecule has 284 valence electrons. The van der Waals surface area contributed by atoms with Gasteiger partial charge in [-0.05, 0) is 47.9 Å². The van der Waals surface area contributed by atoms with Crippen LogP contribution in [-0.4, -0.2) is 67.0 Å². The molecule has 54 heavy (non-hydrogen) atoms. The van der Waals surface area contributed by atoms with Crippen LogP contribution in [0.4, 0.5) is 53.2 Å². The van der Waals surface area contributed by atoms with Crippen molar-refractivity contribution < 1.29 is 70.2 Å². The second kappa shape index (κ2) is 13.9. The van der Waals surface area contributed by atoms with E-state index in [-0.39, 0.29) is 5.69 Å². The molecular formula is C26H17F3N8O13S4. The predicted octanol–water partition coefficient (Wildman–Crippen LogP) is 4.90. The Morgan fingerprint density at radius 2 is 1.06 bits per heavy atom. The van der Waals surface area contributed by atoms with Crippen LogP contribution in [0.15, 0.2) is 94.6 Å². The Hall–Kier alpha value is -5.75. The second-order valence-corrected chi connectivity index (χ2v) is 15.9. The standard InChI is InChI=1S/C26H17F3N8O13S4/c27-11-1-3-15(51(39,40)41)13(7-11)34-36-23-17(53(45,46)47)5-10-6-18(54(48,49)50)24(25(38)21(10)22(23)30)37-35-14-8-12(2-4-16(14)52(42,43)44)31-26-32-19(28)9-20(29)33-26/h1-9,38H,30H2,(H,31,32,33)(H,39,40,41)(H,42,43,44)(H,45,46,47)(H,48,49,50). The van der Waals surface area contributed by atoms with Crippen LogP contribution in [0.2, 0.25) is 0 Å². The monoisotopic (exact) mass is 834 g/mol. The zero-order valence-corrected chi connectivity index (χ0v) is 29.0. The highest BCUT2D eigenvalue weighted by atomic mass is 32.2. The highest BCUT2D eigenvalue weighted by molar-refractivity contribution is 7.86. The molecule has 0 saturated carbocycles. The van der Waals surface area contributed by atoms with Gasteiger partial charge < -0.3 is 16.2 Å². The molecule has 1 aromatic heterocycles. The third-order valence-corrected chi connectivity index (χ3v) is 10.3. The third-order valence-electron chi connectivity index (χ3n) is 6.74. The summed E-state index contributed by atoms with van der Waals surface area (Å²) in [5, 5.41) is 26.0. The Balaban J connectivity index is 1.76. The first kappa shape index (κ1) is 39.5. The summed E-state index contributed by atoms with van der Waals surface area (Å²) in [5.41, 5.74) is 0.747. The van der Waals surface area contributed by atoms with Gasteiger partial charge in [-0.3, -0.25) is 18.2 Å². The van der Waals surface area contributed by atoms with Crippen LogP contribution in [0.3, 0.4) is 0 Å². The van der Waals surface area contributed by atoms with E-state index in [1.165, 1.54) is 0 Å².